The molecule has 0 N–H and O–H groups in total. The van der Waals surface area contributed by atoms with Crippen molar-refractivity contribution in [3.8, 4) is 0 Å². The van der Waals surface area contributed by atoms with Gasteiger partial charge in [0.1, 0.15) is 0 Å². The Morgan fingerprint density at radius 1 is 1.41 bits per heavy atom. The fourth-order valence-electron chi connectivity index (χ4n) is 1.42. The number of carbonyl (C=O) groups is 1. The van der Waals surface area contributed by atoms with E-state index in [0.29, 0.717) is 16.3 Å². The predicted molar refractivity (Wildman–Crippen MR) is 68.7 cm³/mol. The molecular weight excluding hydrogens is 282 g/mol. The number of carbonyl (C=O) groups excluding carboxylic acids is 1. The van der Waals surface area contributed by atoms with Crippen LogP contribution in [0.25, 0.3) is 0 Å². The first-order valence-corrected chi connectivity index (χ1v) is 6.75. The number of esters is 1. The molecule has 1 atom stereocenters. The average molecular weight is 300 g/mol. The van der Waals surface area contributed by atoms with Gasteiger partial charge in [-0.3, -0.25) is 0 Å². The van der Waals surface area contributed by atoms with Crippen LogP contribution in [0.2, 0.25) is 0 Å². The number of ether oxygens (including phenoxy) is 1. The van der Waals surface area contributed by atoms with Gasteiger partial charge >= 0.3 is 110 Å². The molecule has 2 nitrogen and oxygen atoms in total. The second kappa shape index (κ2) is 5.68. The van der Waals surface area contributed by atoms with Crippen LogP contribution in [0.5, 0.6) is 0 Å². The molecule has 94 valence electrons. The van der Waals surface area contributed by atoms with Crippen molar-refractivity contribution in [3.05, 3.63) is 29.6 Å². The van der Waals surface area contributed by atoms with Gasteiger partial charge in [-0.25, -0.2) is 0 Å². The molecule has 0 heterocycles. The van der Waals surface area contributed by atoms with Crippen molar-refractivity contribution >= 4 is 27.2 Å². The summed E-state index contributed by atoms with van der Waals surface area (Å²) in [5.74, 6) is -0.486. The van der Waals surface area contributed by atoms with Crippen LogP contribution in [-0.2, 0) is 16.0 Å². The van der Waals surface area contributed by atoms with E-state index in [9.17, 15) is 9.18 Å². The van der Waals surface area contributed by atoms with Gasteiger partial charge in [-0.2, -0.15) is 0 Å². The van der Waals surface area contributed by atoms with E-state index in [1.165, 1.54) is 16.9 Å². The normalized spacial score (nSPS) is 11.4. The molecule has 0 spiro atoms. The van der Waals surface area contributed by atoms with Gasteiger partial charge in [0, 0.05) is 0 Å². The molecule has 0 radical (unpaired) electrons. The molecule has 0 aliphatic carbocycles. The zero-order valence-electron chi connectivity index (χ0n) is 10.4. The fraction of sp³-hybridized carbons (Fsp3) is 0.462. The van der Waals surface area contributed by atoms with E-state index in [4.69, 9.17) is 4.74 Å². The first-order chi connectivity index (χ1) is 7.79. The third-order valence-electron chi connectivity index (χ3n) is 2.13. The Morgan fingerprint density at radius 3 is 2.65 bits per heavy atom. The zero-order valence-corrected chi connectivity index (χ0v) is 12.8. The van der Waals surface area contributed by atoms with Gasteiger partial charge in [0.2, 0.25) is 0 Å². The van der Waals surface area contributed by atoms with Crippen molar-refractivity contribution in [2.75, 3.05) is 0 Å². The summed E-state index contributed by atoms with van der Waals surface area (Å²) in [6.07, 6.45) is 0.600. The summed E-state index contributed by atoms with van der Waals surface area (Å²) in [6, 6.07) is 5.26. The summed E-state index contributed by atoms with van der Waals surface area (Å²) in [4.78, 5) is 11.5. The van der Waals surface area contributed by atoms with Crippen LogP contribution in [0, 0.1) is 5.82 Å². The predicted octanol–water partition coefficient (Wildman–Crippen LogP) is 1.36. The minimum absolute atomic E-state index is 0.198. The SMILES string of the molecule is CC(C)(C)OC(=O)CCc1cccc([AsH2])c1F. The molecular formula is C13H18AsFO2. The molecule has 0 amide bonds. The van der Waals surface area contributed by atoms with Crippen molar-refractivity contribution in [2.45, 2.75) is 39.2 Å². The van der Waals surface area contributed by atoms with Crippen molar-refractivity contribution in [1.29, 1.82) is 0 Å². The van der Waals surface area contributed by atoms with E-state index in [1.807, 2.05) is 26.8 Å². The molecule has 0 aromatic heterocycles. The Balaban J connectivity index is 2.56. The average Bonchev–Trinajstić information content (AvgIpc) is 2.18. The number of aryl methyl sites for hydroxylation is 1. The molecule has 1 unspecified atom stereocenters. The van der Waals surface area contributed by atoms with E-state index in [2.05, 4.69) is 0 Å². The molecule has 0 aliphatic rings. The van der Waals surface area contributed by atoms with Gasteiger partial charge < -0.3 is 0 Å². The quantitative estimate of drug-likeness (QED) is 0.622. The molecule has 4 heteroatoms. The molecule has 0 saturated heterocycles. The first kappa shape index (κ1) is 14.2. The standard InChI is InChI=1S/C13H18AsFO2/c1-13(2,3)17-11(16)8-7-9-5-4-6-10(14)12(9)15/h4-6H,7-8,14H2,1-3H3. The van der Waals surface area contributed by atoms with Gasteiger partial charge in [0.15, 0.2) is 0 Å². The Hall–Kier alpha value is -0.822. The summed E-state index contributed by atoms with van der Waals surface area (Å²) in [5.41, 5.74) is 0.100. The Labute approximate surface area is 110 Å². The Bertz CT molecular complexity index is 410. The maximum atomic E-state index is 13.7. The fourth-order valence-corrected chi connectivity index (χ4v) is 2.04. The second-order valence-corrected chi connectivity index (χ2v) is 6.21. The van der Waals surface area contributed by atoms with Crippen molar-refractivity contribution in [3.63, 3.8) is 0 Å². The van der Waals surface area contributed by atoms with Gasteiger partial charge in [-0.05, 0) is 0 Å². The topological polar surface area (TPSA) is 26.3 Å². The molecule has 0 saturated carbocycles. The third kappa shape index (κ3) is 4.91. The monoisotopic (exact) mass is 300 g/mol. The van der Waals surface area contributed by atoms with Crippen LogP contribution in [0.4, 0.5) is 4.39 Å². The van der Waals surface area contributed by atoms with E-state index in [0.717, 1.165) is 0 Å². The van der Waals surface area contributed by atoms with Crippen molar-refractivity contribution in [2.24, 2.45) is 0 Å². The van der Waals surface area contributed by atoms with Crippen molar-refractivity contribution in [1.82, 2.24) is 0 Å². The summed E-state index contributed by atoms with van der Waals surface area (Å²) >= 11 is 1.25. The number of hydrogen-bond donors (Lipinski definition) is 0. The van der Waals surface area contributed by atoms with E-state index >= 15 is 0 Å². The molecule has 1 aromatic rings. The van der Waals surface area contributed by atoms with Gasteiger partial charge in [0.05, 0.1) is 0 Å². The van der Waals surface area contributed by atoms with Crippen LogP contribution in [0.1, 0.15) is 32.8 Å². The molecule has 17 heavy (non-hydrogen) atoms. The van der Waals surface area contributed by atoms with E-state index in [-0.39, 0.29) is 18.2 Å². The third-order valence-corrected chi connectivity index (χ3v) is 3.06. The Kier molecular flexibility index (Phi) is 4.76. The number of hydrogen-bond acceptors (Lipinski definition) is 2. The van der Waals surface area contributed by atoms with Crippen LogP contribution in [-0.4, -0.2) is 28.4 Å². The molecule has 0 fully saturated rings. The van der Waals surface area contributed by atoms with Gasteiger partial charge in [-0.15, -0.1) is 0 Å². The maximum absolute atomic E-state index is 13.7. The summed E-state index contributed by atoms with van der Waals surface area (Å²) < 4.78 is 19.5. The van der Waals surface area contributed by atoms with Crippen LogP contribution in [0.3, 0.4) is 0 Å². The van der Waals surface area contributed by atoms with Gasteiger partial charge in [0.25, 0.3) is 0 Å². The minimum atomic E-state index is -0.481. The zero-order chi connectivity index (χ0) is 13.1. The number of benzene rings is 1. The Morgan fingerprint density at radius 2 is 2.06 bits per heavy atom. The molecule has 1 aromatic carbocycles. The van der Waals surface area contributed by atoms with E-state index in [1.54, 1.807) is 12.1 Å². The number of rotatable bonds is 3. The van der Waals surface area contributed by atoms with Crippen LogP contribution < -0.4 is 4.35 Å². The summed E-state index contributed by atoms with van der Waals surface area (Å²) in [5, 5.41) is 0. The molecule has 1 rings (SSSR count). The van der Waals surface area contributed by atoms with Crippen LogP contribution in [0.15, 0.2) is 18.2 Å². The van der Waals surface area contributed by atoms with Crippen LogP contribution >= 0.6 is 0 Å². The second-order valence-electron chi connectivity index (χ2n) is 4.91. The first-order valence-electron chi connectivity index (χ1n) is 5.54. The van der Waals surface area contributed by atoms with E-state index < -0.39 is 5.60 Å². The summed E-state index contributed by atoms with van der Waals surface area (Å²) in [7, 11) is 0. The number of halogens is 1. The van der Waals surface area contributed by atoms with Crippen molar-refractivity contribution < 1.29 is 13.9 Å². The molecule has 0 aliphatic heterocycles. The van der Waals surface area contributed by atoms with Gasteiger partial charge in [-0.1, -0.05) is 0 Å². The summed E-state index contributed by atoms with van der Waals surface area (Å²) in [6.45, 7) is 5.46. The molecule has 0 bridgehead atoms.